The monoisotopic (exact) mass is 436 g/mol. The van der Waals surface area contributed by atoms with Crippen molar-refractivity contribution in [2.45, 2.75) is 58.2 Å². The summed E-state index contributed by atoms with van der Waals surface area (Å²) >= 11 is 0. The van der Waals surface area contributed by atoms with E-state index in [-0.39, 0.29) is 5.57 Å². The molecule has 0 bridgehead atoms. The minimum Gasteiger partial charge on any atom is -0.192 e. The van der Waals surface area contributed by atoms with Gasteiger partial charge in [-0.15, -0.1) is 5.54 Å². The molecule has 0 unspecified atom stereocenters. The maximum Gasteiger partial charge on any atom is 0.146 e. The van der Waals surface area contributed by atoms with Gasteiger partial charge in [-0.05, 0) is 46.0 Å². The van der Waals surface area contributed by atoms with Crippen LogP contribution >= 0.6 is 0 Å². The van der Waals surface area contributed by atoms with Gasteiger partial charge in [0.05, 0.1) is 0 Å². The molecule has 2 nitrogen and oxygen atoms in total. The largest absolute Gasteiger partial charge is 0.192 e. The van der Waals surface area contributed by atoms with E-state index in [4.69, 9.17) is 0 Å². The van der Waals surface area contributed by atoms with Crippen molar-refractivity contribution in [3.8, 4) is 23.6 Å². The fraction of sp³-hybridized carbons (Fsp3) is 0.310. The molecule has 0 N–H and O–H groups in total. The maximum absolute atomic E-state index is 9.44. The highest BCUT2D eigenvalue weighted by Gasteiger charge is 2.41. The zero-order valence-electron chi connectivity index (χ0n) is 20.0. The summed E-state index contributed by atoms with van der Waals surface area (Å²) in [6.07, 6.45) is 11.9. The van der Waals surface area contributed by atoms with Crippen molar-refractivity contribution >= 4 is 13.6 Å². The van der Waals surface area contributed by atoms with E-state index in [9.17, 15) is 10.5 Å². The Hall–Kier alpha value is -3.32. The Bertz CT molecular complexity index is 1080. The molecule has 2 rings (SSSR count). The summed E-state index contributed by atoms with van der Waals surface area (Å²) in [4.78, 5) is 0. The molecule has 32 heavy (non-hydrogen) atoms. The Kier molecular flexibility index (Phi) is 8.84. The summed E-state index contributed by atoms with van der Waals surface area (Å²) in [5.41, 5.74) is 9.00. The minimum absolute atomic E-state index is 0.101. The van der Waals surface area contributed by atoms with Crippen LogP contribution < -0.4 is 0 Å². The summed E-state index contributed by atoms with van der Waals surface area (Å²) < 4.78 is 0. The third-order valence-electron chi connectivity index (χ3n) is 6.20. The van der Waals surface area contributed by atoms with Crippen LogP contribution in [0.3, 0.4) is 0 Å². The van der Waals surface area contributed by atoms with Gasteiger partial charge in [0, 0.05) is 11.1 Å². The smallest absolute Gasteiger partial charge is 0.146 e. The topological polar surface area (TPSA) is 47.6 Å². The lowest BCUT2D eigenvalue weighted by molar-refractivity contribution is 0.838. The van der Waals surface area contributed by atoms with Crippen molar-refractivity contribution in [3.63, 3.8) is 0 Å². The molecule has 0 saturated heterocycles. The van der Waals surface area contributed by atoms with Crippen molar-refractivity contribution in [3.05, 3.63) is 89.1 Å². The quantitative estimate of drug-likeness (QED) is 0.270. The van der Waals surface area contributed by atoms with Gasteiger partial charge >= 0.3 is 0 Å². The molecule has 3 heteroatoms. The molecule has 0 aromatic heterocycles. The number of hydrogen-bond donors (Lipinski definition) is 0. The second-order valence-electron chi connectivity index (χ2n) is 8.98. The van der Waals surface area contributed by atoms with Crippen molar-refractivity contribution in [1.29, 1.82) is 10.5 Å². The summed E-state index contributed by atoms with van der Waals surface area (Å²) in [5, 5.41) is 18.9. The third kappa shape index (κ3) is 5.67. The SMILES string of the molecule is CC(C)[Si](C#CC1=CC=C/C(=C\C(=C(C#N)C#N)c2ccccc2)C=C1)(C(C)C)C(C)C. The van der Waals surface area contributed by atoms with Gasteiger partial charge in [0.1, 0.15) is 25.8 Å². The number of hydrogen-bond acceptors (Lipinski definition) is 2. The fourth-order valence-electron chi connectivity index (χ4n) is 4.58. The minimum atomic E-state index is -1.79. The predicted molar refractivity (Wildman–Crippen MR) is 138 cm³/mol. The first kappa shape index (κ1) is 24.9. The van der Waals surface area contributed by atoms with Crippen LogP contribution in [0, 0.1) is 34.1 Å². The van der Waals surface area contributed by atoms with Gasteiger partial charge in [0.25, 0.3) is 0 Å². The Balaban J connectivity index is 2.45. The lowest BCUT2D eigenvalue weighted by atomic mass is 9.98. The van der Waals surface area contributed by atoms with E-state index in [2.05, 4.69) is 53.0 Å². The van der Waals surface area contributed by atoms with Gasteiger partial charge in [0.2, 0.25) is 0 Å². The standard InChI is InChI=1S/C29H32N2Si/c1-22(2)32(23(3)4,24(5)6)18-17-25-11-10-12-26(16-15-25)19-29(28(20-30)21-31)27-13-8-7-9-14-27/h7-16,19,22-24H,1-6H3/b26-19+. The van der Waals surface area contributed by atoms with Crippen LogP contribution in [0.15, 0.2) is 83.5 Å². The van der Waals surface area contributed by atoms with Gasteiger partial charge < -0.3 is 0 Å². The Morgan fingerprint density at radius 1 is 0.844 bits per heavy atom. The van der Waals surface area contributed by atoms with Gasteiger partial charge in [0.15, 0.2) is 0 Å². The van der Waals surface area contributed by atoms with Crippen molar-refractivity contribution in [2.24, 2.45) is 0 Å². The van der Waals surface area contributed by atoms with E-state index in [1.165, 1.54) is 0 Å². The van der Waals surface area contributed by atoms with Gasteiger partial charge in [-0.25, -0.2) is 0 Å². The Morgan fingerprint density at radius 3 is 1.97 bits per heavy atom. The molecule has 162 valence electrons. The van der Waals surface area contributed by atoms with Crippen LogP contribution in [0.2, 0.25) is 16.6 Å². The van der Waals surface area contributed by atoms with Crippen molar-refractivity contribution in [1.82, 2.24) is 0 Å². The zero-order valence-corrected chi connectivity index (χ0v) is 21.0. The predicted octanol–water partition coefficient (Wildman–Crippen LogP) is 7.69. The number of allylic oxidation sites excluding steroid dienone is 10. The molecule has 0 radical (unpaired) electrons. The van der Waals surface area contributed by atoms with Crippen LogP contribution in [-0.4, -0.2) is 8.07 Å². The number of nitrogens with zero attached hydrogens (tertiary/aromatic N) is 2. The molecule has 0 heterocycles. The number of rotatable bonds is 5. The molecular formula is C29H32N2Si. The number of benzene rings is 1. The van der Waals surface area contributed by atoms with Crippen LogP contribution in [0.4, 0.5) is 0 Å². The van der Waals surface area contributed by atoms with E-state index >= 15 is 0 Å². The molecule has 0 atom stereocenters. The van der Waals surface area contributed by atoms with E-state index in [0.717, 1.165) is 16.7 Å². The highest BCUT2D eigenvalue weighted by atomic mass is 28.3. The van der Waals surface area contributed by atoms with Gasteiger partial charge in [-0.2, -0.15) is 10.5 Å². The number of nitriles is 2. The molecule has 0 amide bonds. The molecule has 0 aliphatic heterocycles. The van der Waals surface area contributed by atoms with Crippen LogP contribution in [0.5, 0.6) is 0 Å². The van der Waals surface area contributed by atoms with Crippen LogP contribution in [0.25, 0.3) is 5.57 Å². The molecular weight excluding hydrogens is 404 g/mol. The highest BCUT2D eigenvalue weighted by Crippen LogP contribution is 2.40. The first-order valence-electron chi connectivity index (χ1n) is 11.2. The molecule has 1 aliphatic rings. The Labute approximate surface area is 195 Å². The average Bonchev–Trinajstić information content (AvgIpc) is 2.99. The lowest BCUT2D eigenvalue weighted by Gasteiger charge is -2.38. The average molecular weight is 437 g/mol. The third-order valence-corrected chi connectivity index (χ3v) is 12.5. The summed E-state index contributed by atoms with van der Waals surface area (Å²) in [7, 11) is -1.79. The lowest BCUT2D eigenvalue weighted by Crippen LogP contribution is -2.43. The molecule has 1 aromatic carbocycles. The second-order valence-corrected chi connectivity index (χ2v) is 14.6. The molecule has 1 aliphatic carbocycles. The normalized spacial score (nSPS) is 14.5. The molecule has 0 fully saturated rings. The zero-order chi connectivity index (χ0) is 23.7. The van der Waals surface area contributed by atoms with Crippen molar-refractivity contribution in [2.75, 3.05) is 0 Å². The van der Waals surface area contributed by atoms with E-state index in [1.807, 2.05) is 78.9 Å². The molecule has 0 spiro atoms. The first-order valence-corrected chi connectivity index (χ1v) is 13.4. The maximum atomic E-state index is 9.44. The van der Waals surface area contributed by atoms with Gasteiger partial charge in [-0.3, -0.25) is 0 Å². The Morgan fingerprint density at radius 2 is 1.44 bits per heavy atom. The summed E-state index contributed by atoms with van der Waals surface area (Å²) in [6.45, 7) is 13.9. The van der Waals surface area contributed by atoms with E-state index in [1.54, 1.807) is 0 Å². The van der Waals surface area contributed by atoms with Gasteiger partial charge in [-0.1, -0.05) is 96.0 Å². The summed E-state index contributed by atoms with van der Waals surface area (Å²) in [6, 6.07) is 13.6. The second kappa shape index (κ2) is 11.3. The van der Waals surface area contributed by atoms with E-state index < -0.39 is 8.07 Å². The van der Waals surface area contributed by atoms with Crippen molar-refractivity contribution < 1.29 is 0 Å². The first-order chi connectivity index (χ1) is 15.3. The highest BCUT2D eigenvalue weighted by molar-refractivity contribution is 6.90. The molecule has 1 aromatic rings. The van der Waals surface area contributed by atoms with Crippen LogP contribution in [-0.2, 0) is 0 Å². The molecule has 0 saturated carbocycles. The van der Waals surface area contributed by atoms with Crippen LogP contribution in [0.1, 0.15) is 47.1 Å². The summed E-state index contributed by atoms with van der Waals surface area (Å²) in [5.74, 6) is 3.49. The van der Waals surface area contributed by atoms with E-state index in [0.29, 0.717) is 22.2 Å². The fourth-order valence-corrected chi connectivity index (χ4v) is 9.81.